The molecule has 0 saturated carbocycles. The number of carbonyl (C=O) groups excluding carboxylic acids is 1. The van der Waals surface area contributed by atoms with Gasteiger partial charge in [-0.2, -0.15) is 4.98 Å². The molecule has 0 aliphatic rings. The third kappa shape index (κ3) is 2.48. The molecule has 1 amide bonds. The molecule has 0 saturated heterocycles. The quantitative estimate of drug-likeness (QED) is 0.716. The Labute approximate surface area is 117 Å². The summed E-state index contributed by atoms with van der Waals surface area (Å²) < 4.78 is 11.1. The number of anilines is 1. The van der Waals surface area contributed by atoms with Gasteiger partial charge in [-0.15, -0.1) is 5.10 Å². The molecule has 2 N–H and O–H groups in total. The molecular formula is C12H11N5O4. The van der Waals surface area contributed by atoms with Crippen molar-refractivity contribution in [3.8, 4) is 6.01 Å². The highest BCUT2D eigenvalue weighted by Crippen LogP contribution is 2.12. The average molecular weight is 289 g/mol. The second kappa shape index (κ2) is 5.12. The third-order valence-corrected chi connectivity index (χ3v) is 2.78. The van der Waals surface area contributed by atoms with E-state index in [0.717, 1.165) is 0 Å². The lowest BCUT2D eigenvalue weighted by molar-refractivity contribution is -0.116. The van der Waals surface area contributed by atoms with E-state index in [2.05, 4.69) is 20.5 Å². The van der Waals surface area contributed by atoms with Gasteiger partial charge in [0.15, 0.2) is 5.58 Å². The predicted molar refractivity (Wildman–Crippen MR) is 72.0 cm³/mol. The molecule has 3 rings (SSSR count). The molecule has 0 aliphatic heterocycles. The van der Waals surface area contributed by atoms with Gasteiger partial charge in [0.2, 0.25) is 11.9 Å². The number of rotatable bonds is 4. The number of para-hydroxylation sites is 2. The summed E-state index contributed by atoms with van der Waals surface area (Å²) >= 11 is 0. The number of nitrogens with one attached hydrogen (secondary N) is 2. The Balaban J connectivity index is 1.80. The molecule has 21 heavy (non-hydrogen) atoms. The number of ether oxygens (including phenoxy) is 1. The average Bonchev–Trinajstić information content (AvgIpc) is 3.04. The number of carbonyl (C=O) groups is 1. The maximum Gasteiger partial charge on any atom is 0.420 e. The number of benzene rings is 1. The van der Waals surface area contributed by atoms with Gasteiger partial charge in [0.25, 0.3) is 0 Å². The summed E-state index contributed by atoms with van der Waals surface area (Å²) in [6, 6.07) is 6.97. The topological polar surface area (TPSA) is 115 Å². The van der Waals surface area contributed by atoms with Crippen LogP contribution in [-0.2, 0) is 11.3 Å². The van der Waals surface area contributed by atoms with E-state index in [4.69, 9.17) is 9.15 Å². The highest BCUT2D eigenvalue weighted by molar-refractivity contribution is 5.89. The molecule has 108 valence electrons. The SMILES string of the molecule is COc1n[nH]c(NC(=O)Cn2c(=O)oc3ccccc32)n1. The first-order chi connectivity index (χ1) is 10.2. The second-order valence-electron chi connectivity index (χ2n) is 4.14. The van der Waals surface area contributed by atoms with E-state index in [-0.39, 0.29) is 18.5 Å². The Bertz CT molecular complexity index is 847. The van der Waals surface area contributed by atoms with Crippen molar-refractivity contribution < 1.29 is 13.9 Å². The van der Waals surface area contributed by atoms with Crippen LogP contribution < -0.4 is 15.8 Å². The van der Waals surface area contributed by atoms with Crippen LogP contribution in [0.4, 0.5) is 5.95 Å². The van der Waals surface area contributed by atoms with Crippen molar-refractivity contribution in [2.24, 2.45) is 0 Å². The second-order valence-corrected chi connectivity index (χ2v) is 4.14. The van der Waals surface area contributed by atoms with Gasteiger partial charge in [0.1, 0.15) is 6.54 Å². The summed E-state index contributed by atoms with van der Waals surface area (Å²) in [5.74, 6) is -0.901. The molecule has 9 heteroatoms. The molecule has 9 nitrogen and oxygen atoms in total. The molecule has 0 spiro atoms. The summed E-state index contributed by atoms with van der Waals surface area (Å²) in [4.78, 5) is 27.5. The fraction of sp³-hybridized carbons (Fsp3) is 0.167. The number of nitrogens with zero attached hydrogens (tertiary/aromatic N) is 3. The molecule has 0 radical (unpaired) electrons. The number of oxazole rings is 1. The van der Waals surface area contributed by atoms with Crippen molar-refractivity contribution in [2.75, 3.05) is 12.4 Å². The fourth-order valence-corrected chi connectivity index (χ4v) is 1.87. The summed E-state index contributed by atoms with van der Waals surface area (Å²) in [6.45, 7) is -0.196. The molecule has 0 aliphatic carbocycles. The number of hydrogen-bond acceptors (Lipinski definition) is 6. The maximum absolute atomic E-state index is 11.9. The summed E-state index contributed by atoms with van der Waals surface area (Å²) in [6.07, 6.45) is 0. The summed E-state index contributed by atoms with van der Waals surface area (Å²) in [5, 5.41) is 8.66. The van der Waals surface area contributed by atoms with Crippen molar-refractivity contribution in [2.45, 2.75) is 6.54 Å². The van der Waals surface area contributed by atoms with Crippen LogP contribution in [0.2, 0.25) is 0 Å². The lowest BCUT2D eigenvalue weighted by atomic mass is 10.3. The largest absolute Gasteiger partial charge is 0.466 e. The first-order valence-corrected chi connectivity index (χ1v) is 6.02. The van der Waals surface area contributed by atoms with Gasteiger partial charge >= 0.3 is 11.8 Å². The highest BCUT2D eigenvalue weighted by Gasteiger charge is 2.13. The van der Waals surface area contributed by atoms with Crippen molar-refractivity contribution in [3.05, 3.63) is 34.8 Å². The number of hydrogen-bond donors (Lipinski definition) is 2. The Morgan fingerprint density at radius 1 is 1.48 bits per heavy atom. The minimum atomic E-state index is -0.596. The number of amides is 1. The van der Waals surface area contributed by atoms with Crippen molar-refractivity contribution >= 4 is 23.0 Å². The zero-order valence-electron chi connectivity index (χ0n) is 11.0. The molecule has 0 unspecified atom stereocenters. The van der Waals surface area contributed by atoms with Crippen LogP contribution in [0.3, 0.4) is 0 Å². The monoisotopic (exact) mass is 289 g/mol. The lowest BCUT2D eigenvalue weighted by Gasteiger charge is -2.02. The Hall–Kier alpha value is -3.10. The first kappa shape index (κ1) is 12.9. The minimum absolute atomic E-state index is 0.108. The molecule has 0 atom stereocenters. The number of aromatic amines is 1. The molecular weight excluding hydrogens is 278 g/mol. The first-order valence-electron chi connectivity index (χ1n) is 6.02. The zero-order valence-corrected chi connectivity index (χ0v) is 11.0. The molecule has 2 heterocycles. The molecule has 2 aromatic heterocycles. The summed E-state index contributed by atoms with van der Waals surface area (Å²) in [7, 11) is 1.41. The van der Waals surface area contributed by atoms with Crippen molar-refractivity contribution in [1.82, 2.24) is 19.7 Å². The van der Waals surface area contributed by atoms with E-state index in [9.17, 15) is 9.59 Å². The van der Waals surface area contributed by atoms with Gasteiger partial charge in [-0.25, -0.2) is 9.89 Å². The molecule has 0 bridgehead atoms. The van der Waals surface area contributed by atoms with E-state index in [0.29, 0.717) is 11.1 Å². The van der Waals surface area contributed by atoms with Crippen LogP contribution in [0.5, 0.6) is 6.01 Å². The van der Waals surface area contributed by atoms with Gasteiger partial charge in [0.05, 0.1) is 12.6 Å². The van der Waals surface area contributed by atoms with Gasteiger partial charge in [0, 0.05) is 0 Å². The Morgan fingerprint density at radius 3 is 3.05 bits per heavy atom. The molecule has 0 fully saturated rings. The van der Waals surface area contributed by atoms with Gasteiger partial charge in [-0.3, -0.25) is 14.7 Å². The molecule has 1 aromatic carbocycles. The van der Waals surface area contributed by atoms with Gasteiger partial charge in [-0.05, 0) is 12.1 Å². The lowest BCUT2D eigenvalue weighted by Crippen LogP contribution is -2.25. The minimum Gasteiger partial charge on any atom is -0.466 e. The number of methoxy groups -OCH3 is 1. The van der Waals surface area contributed by atoms with Crippen LogP contribution in [0, 0.1) is 0 Å². The number of H-pyrrole nitrogens is 1. The van der Waals surface area contributed by atoms with Crippen molar-refractivity contribution in [1.29, 1.82) is 0 Å². The van der Waals surface area contributed by atoms with E-state index < -0.39 is 11.7 Å². The molecule has 3 aromatic rings. The van der Waals surface area contributed by atoms with Crippen LogP contribution in [0.15, 0.2) is 33.5 Å². The number of fused-ring (bicyclic) bond motifs is 1. The van der Waals surface area contributed by atoms with Crippen molar-refractivity contribution in [3.63, 3.8) is 0 Å². The fourth-order valence-electron chi connectivity index (χ4n) is 1.87. The predicted octanol–water partition coefficient (Wildman–Crippen LogP) is 0.360. The van der Waals surface area contributed by atoms with Crippen LogP contribution in [0.25, 0.3) is 11.1 Å². The normalized spacial score (nSPS) is 10.7. The van der Waals surface area contributed by atoms with Crippen LogP contribution in [0.1, 0.15) is 0 Å². The maximum atomic E-state index is 11.9. The zero-order chi connectivity index (χ0) is 14.8. The van der Waals surface area contributed by atoms with Crippen LogP contribution >= 0.6 is 0 Å². The van der Waals surface area contributed by atoms with Gasteiger partial charge < -0.3 is 9.15 Å². The smallest absolute Gasteiger partial charge is 0.420 e. The standard InChI is InChI=1S/C12H11N5O4/c1-20-11-14-10(15-16-11)13-9(18)6-17-7-4-2-3-5-8(7)21-12(17)19/h2-5H,6H2,1H3,(H2,13,14,15,16,18). The Kier molecular flexibility index (Phi) is 3.14. The highest BCUT2D eigenvalue weighted by atomic mass is 16.5. The van der Waals surface area contributed by atoms with E-state index >= 15 is 0 Å². The van der Waals surface area contributed by atoms with E-state index in [1.807, 2.05) is 0 Å². The van der Waals surface area contributed by atoms with E-state index in [1.54, 1.807) is 24.3 Å². The summed E-state index contributed by atoms with van der Waals surface area (Å²) in [5.41, 5.74) is 0.976. The third-order valence-electron chi connectivity index (χ3n) is 2.78. The van der Waals surface area contributed by atoms with E-state index in [1.165, 1.54) is 11.7 Å². The van der Waals surface area contributed by atoms with Gasteiger partial charge in [-0.1, -0.05) is 12.1 Å². The number of aromatic nitrogens is 4. The Morgan fingerprint density at radius 2 is 2.29 bits per heavy atom. The van der Waals surface area contributed by atoms with Crippen LogP contribution in [-0.4, -0.2) is 32.8 Å².